The fraction of sp³-hybridized carbons (Fsp3) is 0.0625. The maximum Gasteiger partial charge on any atom is 0.342 e. The molecule has 1 heterocycles. The highest BCUT2D eigenvalue weighted by atomic mass is 35.5. The van der Waals surface area contributed by atoms with E-state index < -0.39 is 30.3 Å². The number of hydrogen-bond acceptors (Lipinski definition) is 4. The smallest absolute Gasteiger partial charge is 0.342 e. The third-order valence-corrected chi connectivity index (χ3v) is 3.59. The summed E-state index contributed by atoms with van der Waals surface area (Å²) in [5.41, 5.74) is 0.156. The lowest BCUT2D eigenvalue weighted by molar-refractivity contribution is 0.0225. The number of nitrogens with zero attached hydrogens (tertiary/aromatic N) is 1. The van der Waals surface area contributed by atoms with Crippen LogP contribution < -0.4 is 0 Å². The summed E-state index contributed by atoms with van der Waals surface area (Å²) in [5.74, 6) is -2.95. The molecule has 0 atom stereocenters. The molecule has 0 saturated carbocycles. The van der Waals surface area contributed by atoms with E-state index in [1.807, 2.05) is 0 Å². The highest BCUT2D eigenvalue weighted by Crippen LogP contribution is 2.22. The van der Waals surface area contributed by atoms with Crippen LogP contribution in [0.3, 0.4) is 0 Å². The van der Waals surface area contributed by atoms with Crippen molar-refractivity contribution in [3.63, 3.8) is 0 Å². The summed E-state index contributed by atoms with van der Waals surface area (Å²) in [4.78, 5) is 36.8. The summed E-state index contributed by atoms with van der Waals surface area (Å²) >= 11 is 5.60. The second kappa shape index (κ2) is 5.81. The first-order chi connectivity index (χ1) is 11.0. The van der Waals surface area contributed by atoms with Crippen LogP contribution in [0.25, 0.3) is 0 Å². The molecule has 0 spiro atoms. The van der Waals surface area contributed by atoms with Gasteiger partial charge in [-0.3, -0.25) is 9.59 Å². The van der Waals surface area contributed by atoms with Gasteiger partial charge in [0.2, 0.25) is 0 Å². The molecule has 0 aliphatic carbocycles. The summed E-state index contributed by atoms with van der Waals surface area (Å²) in [5, 5.41) is 0.138. The van der Waals surface area contributed by atoms with Gasteiger partial charge in [-0.05, 0) is 30.3 Å². The van der Waals surface area contributed by atoms with Crippen LogP contribution in [0.2, 0.25) is 5.02 Å². The Bertz CT molecular complexity index is 802. The summed E-state index contributed by atoms with van der Waals surface area (Å²) in [7, 11) is 0. The maximum absolute atomic E-state index is 13.6. The van der Waals surface area contributed by atoms with E-state index >= 15 is 0 Å². The first kappa shape index (κ1) is 15.2. The molecule has 2 aromatic rings. The molecule has 7 heteroatoms. The second-order valence-corrected chi connectivity index (χ2v) is 5.21. The lowest BCUT2D eigenvalue weighted by Gasteiger charge is -2.14. The second-order valence-electron chi connectivity index (χ2n) is 4.77. The fourth-order valence-corrected chi connectivity index (χ4v) is 2.37. The number of hydrogen-bond donors (Lipinski definition) is 0. The summed E-state index contributed by atoms with van der Waals surface area (Å²) in [6, 6.07) is 9.75. The summed E-state index contributed by atoms with van der Waals surface area (Å²) in [6.45, 7) is -0.590. The number of fused-ring (bicyclic) bond motifs is 1. The van der Waals surface area contributed by atoms with Gasteiger partial charge in [0.25, 0.3) is 11.8 Å². The van der Waals surface area contributed by atoms with Crippen LogP contribution in [0.1, 0.15) is 31.1 Å². The molecule has 0 aromatic heterocycles. The monoisotopic (exact) mass is 333 g/mol. The predicted molar refractivity (Wildman–Crippen MR) is 78.6 cm³/mol. The Kier molecular flexibility index (Phi) is 3.83. The topological polar surface area (TPSA) is 63.7 Å². The zero-order valence-electron chi connectivity index (χ0n) is 11.6. The van der Waals surface area contributed by atoms with Crippen molar-refractivity contribution in [1.82, 2.24) is 4.90 Å². The molecule has 0 radical (unpaired) electrons. The largest absolute Gasteiger partial charge is 0.440 e. The molecule has 0 N–H and O–H groups in total. The minimum absolute atomic E-state index is 0.138. The van der Waals surface area contributed by atoms with Crippen LogP contribution in [0.5, 0.6) is 0 Å². The number of ether oxygens (including phenoxy) is 1. The van der Waals surface area contributed by atoms with Crippen molar-refractivity contribution in [3.8, 4) is 0 Å². The van der Waals surface area contributed by atoms with Crippen LogP contribution >= 0.6 is 11.6 Å². The normalized spacial score (nSPS) is 13.2. The van der Waals surface area contributed by atoms with Gasteiger partial charge in [-0.2, -0.15) is 0 Å². The molecule has 3 rings (SSSR count). The average Bonchev–Trinajstić information content (AvgIpc) is 2.77. The van der Waals surface area contributed by atoms with E-state index in [0.717, 1.165) is 11.0 Å². The molecule has 23 heavy (non-hydrogen) atoms. The van der Waals surface area contributed by atoms with Crippen molar-refractivity contribution >= 4 is 29.4 Å². The number of carbonyl (C=O) groups is 3. The average molecular weight is 334 g/mol. The van der Waals surface area contributed by atoms with Gasteiger partial charge in [-0.15, -0.1) is 0 Å². The molecule has 2 amide bonds. The Morgan fingerprint density at radius 1 is 1.09 bits per heavy atom. The van der Waals surface area contributed by atoms with Gasteiger partial charge in [0, 0.05) is 5.02 Å². The minimum atomic E-state index is -0.990. The first-order valence-corrected chi connectivity index (χ1v) is 6.94. The van der Waals surface area contributed by atoms with Crippen LogP contribution in [0.4, 0.5) is 4.39 Å². The lowest BCUT2D eigenvalue weighted by Crippen LogP contribution is -2.33. The van der Waals surface area contributed by atoms with Gasteiger partial charge < -0.3 is 4.74 Å². The van der Waals surface area contributed by atoms with E-state index in [-0.39, 0.29) is 21.7 Å². The molecule has 1 aliphatic rings. The standard InChI is InChI=1S/C16H9ClFNO4/c17-9-5-6-12(13(18)7-9)16(22)23-8-19-14(20)10-3-1-2-4-11(10)15(19)21/h1-7H,8H2. The van der Waals surface area contributed by atoms with E-state index in [1.165, 1.54) is 24.3 Å². The quantitative estimate of drug-likeness (QED) is 0.640. The highest BCUT2D eigenvalue weighted by Gasteiger charge is 2.35. The SMILES string of the molecule is O=C(OCN1C(=O)c2ccccc2C1=O)c1ccc(Cl)cc1F. The fourth-order valence-electron chi connectivity index (χ4n) is 2.21. The van der Waals surface area contributed by atoms with E-state index in [2.05, 4.69) is 0 Å². The Hall–Kier alpha value is -2.73. The van der Waals surface area contributed by atoms with Crippen molar-refractivity contribution in [2.75, 3.05) is 6.73 Å². The third-order valence-electron chi connectivity index (χ3n) is 3.35. The number of imide groups is 1. The number of rotatable bonds is 3. The molecular weight excluding hydrogens is 325 g/mol. The van der Waals surface area contributed by atoms with Crippen molar-refractivity contribution in [1.29, 1.82) is 0 Å². The van der Waals surface area contributed by atoms with Crippen molar-refractivity contribution in [2.45, 2.75) is 0 Å². The number of benzene rings is 2. The number of carbonyl (C=O) groups excluding carboxylic acids is 3. The van der Waals surface area contributed by atoms with Crippen molar-refractivity contribution in [2.24, 2.45) is 0 Å². The van der Waals surface area contributed by atoms with Crippen LogP contribution in [-0.2, 0) is 4.74 Å². The Labute approximate surface area is 135 Å². The van der Waals surface area contributed by atoms with Gasteiger partial charge >= 0.3 is 5.97 Å². The first-order valence-electron chi connectivity index (χ1n) is 6.56. The summed E-state index contributed by atoms with van der Waals surface area (Å²) < 4.78 is 18.5. The van der Waals surface area contributed by atoms with E-state index in [1.54, 1.807) is 12.1 Å². The molecular formula is C16H9ClFNO4. The number of halogens is 2. The number of esters is 1. The maximum atomic E-state index is 13.6. The lowest BCUT2D eigenvalue weighted by atomic mass is 10.1. The van der Waals surface area contributed by atoms with Gasteiger partial charge in [0.15, 0.2) is 6.73 Å². The molecule has 2 aromatic carbocycles. The van der Waals surface area contributed by atoms with Gasteiger partial charge in [-0.1, -0.05) is 23.7 Å². The van der Waals surface area contributed by atoms with E-state index in [0.29, 0.717) is 0 Å². The molecule has 5 nitrogen and oxygen atoms in total. The molecule has 0 unspecified atom stereocenters. The zero-order chi connectivity index (χ0) is 16.6. The highest BCUT2D eigenvalue weighted by molar-refractivity contribution is 6.30. The van der Waals surface area contributed by atoms with Crippen LogP contribution in [-0.4, -0.2) is 29.4 Å². The molecule has 0 bridgehead atoms. The van der Waals surface area contributed by atoms with Crippen molar-refractivity contribution < 1.29 is 23.5 Å². The third kappa shape index (κ3) is 2.68. The molecule has 116 valence electrons. The van der Waals surface area contributed by atoms with E-state index in [9.17, 15) is 18.8 Å². The molecule has 0 fully saturated rings. The van der Waals surface area contributed by atoms with Gasteiger partial charge in [-0.25, -0.2) is 14.1 Å². The predicted octanol–water partition coefficient (Wildman–Crippen LogP) is 2.89. The van der Waals surface area contributed by atoms with E-state index in [4.69, 9.17) is 16.3 Å². The molecule has 1 aliphatic heterocycles. The van der Waals surface area contributed by atoms with Crippen LogP contribution in [0, 0.1) is 5.82 Å². The summed E-state index contributed by atoms with van der Waals surface area (Å²) in [6.07, 6.45) is 0. The Morgan fingerprint density at radius 3 is 2.26 bits per heavy atom. The van der Waals surface area contributed by atoms with Crippen LogP contribution in [0.15, 0.2) is 42.5 Å². The Balaban J connectivity index is 1.73. The van der Waals surface area contributed by atoms with Gasteiger partial charge in [0.1, 0.15) is 5.82 Å². The zero-order valence-corrected chi connectivity index (χ0v) is 12.3. The molecule has 0 saturated heterocycles. The Morgan fingerprint density at radius 2 is 1.70 bits per heavy atom. The van der Waals surface area contributed by atoms with Crippen molar-refractivity contribution in [3.05, 3.63) is 70.0 Å². The number of amides is 2. The minimum Gasteiger partial charge on any atom is -0.440 e. The van der Waals surface area contributed by atoms with Gasteiger partial charge in [0.05, 0.1) is 16.7 Å².